The molecule has 0 fully saturated rings. The molecule has 104 valence electrons. The standard InChI is InChI=1S/C14H18BrNO3/c1-9(2)10(3)16-13(17)8-19-14(18)11-4-6-12(15)7-5-11/h4-7,9-10H,8H2,1-3H3,(H,16,17). The van der Waals surface area contributed by atoms with Gasteiger partial charge >= 0.3 is 5.97 Å². The SMILES string of the molecule is CC(C)C(C)NC(=O)COC(=O)c1ccc(Br)cc1. The number of nitrogens with one attached hydrogen (secondary N) is 1. The van der Waals surface area contributed by atoms with Crippen molar-refractivity contribution in [2.75, 3.05) is 6.61 Å². The van der Waals surface area contributed by atoms with Crippen LogP contribution in [0.4, 0.5) is 0 Å². The van der Waals surface area contributed by atoms with Crippen LogP contribution in [0.1, 0.15) is 31.1 Å². The number of hydrogen-bond acceptors (Lipinski definition) is 3. The number of amides is 1. The predicted octanol–water partition coefficient (Wildman–Crippen LogP) is 2.77. The fourth-order valence-corrected chi connectivity index (χ4v) is 1.53. The Morgan fingerprint density at radius 1 is 1.21 bits per heavy atom. The van der Waals surface area contributed by atoms with E-state index in [-0.39, 0.29) is 18.6 Å². The topological polar surface area (TPSA) is 55.4 Å². The zero-order valence-corrected chi connectivity index (χ0v) is 12.9. The quantitative estimate of drug-likeness (QED) is 0.846. The van der Waals surface area contributed by atoms with E-state index in [0.717, 1.165) is 4.47 Å². The molecule has 0 spiro atoms. The number of benzene rings is 1. The molecule has 0 saturated carbocycles. The zero-order chi connectivity index (χ0) is 14.4. The Morgan fingerprint density at radius 2 is 1.79 bits per heavy atom. The number of carbonyl (C=O) groups excluding carboxylic acids is 2. The Labute approximate surface area is 121 Å². The number of esters is 1. The third-order valence-corrected chi connectivity index (χ3v) is 3.33. The Kier molecular flexibility index (Phi) is 6.02. The van der Waals surface area contributed by atoms with Gasteiger partial charge in [0.1, 0.15) is 0 Å². The zero-order valence-electron chi connectivity index (χ0n) is 11.3. The van der Waals surface area contributed by atoms with E-state index in [1.165, 1.54) is 0 Å². The van der Waals surface area contributed by atoms with Crippen LogP contribution >= 0.6 is 15.9 Å². The van der Waals surface area contributed by atoms with E-state index in [1.54, 1.807) is 24.3 Å². The van der Waals surface area contributed by atoms with Gasteiger partial charge in [-0.1, -0.05) is 29.8 Å². The van der Waals surface area contributed by atoms with Gasteiger partial charge in [-0.15, -0.1) is 0 Å². The third-order valence-electron chi connectivity index (χ3n) is 2.80. The van der Waals surface area contributed by atoms with Crippen molar-refractivity contribution in [3.8, 4) is 0 Å². The molecule has 1 amide bonds. The molecule has 1 aromatic rings. The van der Waals surface area contributed by atoms with Crippen LogP contribution in [-0.4, -0.2) is 24.5 Å². The fourth-order valence-electron chi connectivity index (χ4n) is 1.26. The molecule has 1 unspecified atom stereocenters. The summed E-state index contributed by atoms with van der Waals surface area (Å²) >= 11 is 3.28. The summed E-state index contributed by atoms with van der Waals surface area (Å²) in [7, 11) is 0. The summed E-state index contributed by atoms with van der Waals surface area (Å²) in [5.74, 6) is -0.447. The van der Waals surface area contributed by atoms with E-state index >= 15 is 0 Å². The number of ether oxygens (including phenoxy) is 1. The van der Waals surface area contributed by atoms with Gasteiger partial charge in [0, 0.05) is 10.5 Å². The Balaban J connectivity index is 2.42. The number of halogens is 1. The smallest absolute Gasteiger partial charge is 0.338 e. The lowest BCUT2D eigenvalue weighted by Crippen LogP contribution is -2.38. The molecule has 4 nitrogen and oxygen atoms in total. The molecule has 5 heteroatoms. The number of carbonyl (C=O) groups is 2. The second kappa shape index (κ2) is 7.28. The van der Waals surface area contributed by atoms with Crippen molar-refractivity contribution in [1.29, 1.82) is 0 Å². The first-order valence-corrected chi connectivity index (χ1v) is 6.91. The predicted molar refractivity (Wildman–Crippen MR) is 76.9 cm³/mol. The molecule has 0 bridgehead atoms. The summed E-state index contributed by atoms with van der Waals surface area (Å²) in [5, 5.41) is 2.77. The van der Waals surface area contributed by atoms with Crippen LogP contribution in [0.5, 0.6) is 0 Å². The van der Waals surface area contributed by atoms with Gasteiger partial charge in [0.2, 0.25) is 0 Å². The molecule has 1 atom stereocenters. The van der Waals surface area contributed by atoms with Crippen LogP contribution in [0.3, 0.4) is 0 Å². The molecule has 0 aliphatic carbocycles. The van der Waals surface area contributed by atoms with E-state index in [4.69, 9.17) is 4.74 Å². The summed E-state index contributed by atoms with van der Waals surface area (Å²) < 4.78 is 5.83. The van der Waals surface area contributed by atoms with Crippen molar-refractivity contribution in [2.45, 2.75) is 26.8 Å². The molecular formula is C14H18BrNO3. The lowest BCUT2D eigenvalue weighted by atomic mass is 10.1. The fraction of sp³-hybridized carbons (Fsp3) is 0.429. The Bertz CT molecular complexity index is 443. The molecule has 0 radical (unpaired) electrons. The second-order valence-corrected chi connectivity index (χ2v) is 5.60. The van der Waals surface area contributed by atoms with Crippen molar-refractivity contribution in [1.82, 2.24) is 5.32 Å². The van der Waals surface area contributed by atoms with Gasteiger partial charge in [0.05, 0.1) is 5.56 Å². The van der Waals surface area contributed by atoms with Crippen LogP contribution in [0.15, 0.2) is 28.7 Å². The van der Waals surface area contributed by atoms with Crippen molar-refractivity contribution in [3.05, 3.63) is 34.3 Å². The highest BCUT2D eigenvalue weighted by atomic mass is 79.9. The summed E-state index contributed by atoms with van der Waals surface area (Å²) in [4.78, 5) is 23.2. The summed E-state index contributed by atoms with van der Waals surface area (Å²) in [5.41, 5.74) is 0.424. The Morgan fingerprint density at radius 3 is 2.32 bits per heavy atom. The van der Waals surface area contributed by atoms with Gasteiger partial charge in [0.15, 0.2) is 6.61 Å². The maximum atomic E-state index is 11.7. The van der Waals surface area contributed by atoms with Crippen LogP contribution in [-0.2, 0) is 9.53 Å². The molecule has 0 aliphatic rings. The molecule has 0 aromatic heterocycles. The average Bonchev–Trinajstić information content (AvgIpc) is 2.36. The molecule has 0 aliphatic heterocycles. The van der Waals surface area contributed by atoms with Crippen molar-refractivity contribution in [3.63, 3.8) is 0 Å². The minimum absolute atomic E-state index is 0.0545. The van der Waals surface area contributed by atoms with Gasteiger partial charge in [0.25, 0.3) is 5.91 Å². The maximum absolute atomic E-state index is 11.7. The highest BCUT2D eigenvalue weighted by Gasteiger charge is 2.13. The molecule has 0 heterocycles. The van der Waals surface area contributed by atoms with Crippen molar-refractivity contribution >= 4 is 27.8 Å². The summed E-state index contributed by atoms with van der Waals surface area (Å²) in [6, 6.07) is 6.83. The second-order valence-electron chi connectivity index (χ2n) is 4.68. The highest BCUT2D eigenvalue weighted by molar-refractivity contribution is 9.10. The van der Waals surface area contributed by atoms with Crippen molar-refractivity contribution in [2.24, 2.45) is 5.92 Å². The normalized spacial score (nSPS) is 12.1. The van der Waals surface area contributed by atoms with Gasteiger partial charge in [-0.05, 0) is 37.1 Å². The van der Waals surface area contributed by atoms with E-state index in [1.807, 2.05) is 20.8 Å². The van der Waals surface area contributed by atoms with Crippen LogP contribution in [0, 0.1) is 5.92 Å². The van der Waals surface area contributed by atoms with E-state index in [0.29, 0.717) is 11.5 Å². The third kappa shape index (κ3) is 5.42. The maximum Gasteiger partial charge on any atom is 0.338 e. The summed E-state index contributed by atoms with van der Waals surface area (Å²) in [6.45, 7) is 5.68. The van der Waals surface area contributed by atoms with Crippen molar-refractivity contribution < 1.29 is 14.3 Å². The van der Waals surface area contributed by atoms with E-state index in [9.17, 15) is 9.59 Å². The lowest BCUT2D eigenvalue weighted by molar-refractivity contribution is -0.125. The molecule has 1 N–H and O–H groups in total. The first-order valence-electron chi connectivity index (χ1n) is 6.12. The Hall–Kier alpha value is -1.36. The molecular weight excluding hydrogens is 310 g/mol. The molecule has 0 saturated heterocycles. The minimum atomic E-state index is -0.500. The van der Waals surface area contributed by atoms with Crippen LogP contribution < -0.4 is 5.32 Å². The van der Waals surface area contributed by atoms with E-state index in [2.05, 4.69) is 21.2 Å². The van der Waals surface area contributed by atoms with Crippen LogP contribution in [0.25, 0.3) is 0 Å². The first kappa shape index (κ1) is 15.7. The molecule has 1 aromatic carbocycles. The monoisotopic (exact) mass is 327 g/mol. The minimum Gasteiger partial charge on any atom is -0.452 e. The first-order chi connectivity index (χ1) is 8.90. The van der Waals surface area contributed by atoms with Gasteiger partial charge < -0.3 is 10.1 Å². The van der Waals surface area contributed by atoms with Gasteiger partial charge in [-0.2, -0.15) is 0 Å². The van der Waals surface area contributed by atoms with Crippen LogP contribution in [0.2, 0.25) is 0 Å². The summed E-state index contributed by atoms with van der Waals surface area (Å²) in [6.07, 6.45) is 0. The number of hydrogen-bond donors (Lipinski definition) is 1. The largest absolute Gasteiger partial charge is 0.452 e. The molecule has 1 rings (SSSR count). The molecule has 19 heavy (non-hydrogen) atoms. The van der Waals surface area contributed by atoms with Gasteiger partial charge in [-0.25, -0.2) is 4.79 Å². The van der Waals surface area contributed by atoms with Gasteiger partial charge in [-0.3, -0.25) is 4.79 Å². The van der Waals surface area contributed by atoms with E-state index < -0.39 is 5.97 Å². The average molecular weight is 328 g/mol. The lowest BCUT2D eigenvalue weighted by Gasteiger charge is -2.17. The highest BCUT2D eigenvalue weighted by Crippen LogP contribution is 2.11. The number of rotatable bonds is 5.